The third-order valence-electron chi connectivity index (χ3n) is 5.65. The predicted molar refractivity (Wildman–Crippen MR) is 132 cm³/mol. The van der Waals surface area contributed by atoms with Crippen molar-refractivity contribution < 1.29 is 13.2 Å². The number of nitrogens with two attached hydrogens (primary N) is 2. The Morgan fingerprint density at radius 2 is 1.91 bits per heavy atom. The van der Waals surface area contributed by atoms with E-state index < -0.39 is 11.6 Å². The fraction of sp³-hybridized carbons (Fsp3) is 0.160. The topological polar surface area (TPSA) is 132 Å². The standard InChI is InChI=1S/C25H24F2N6O2/c1-12-9-16(14(3)31-20-5-4-8-30-21(20)25(28)32-33-29)24-17(10-12)22(34)13(2)23(35-24)15-6-7-18(26)19(27)11-15/h4-11,14,31,33H,29H2,1-3H3,(H2,28,32). The van der Waals surface area contributed by atoms with Crippen molar-refractivity contribution in [2.75, 3.05) is 5.32 Å². The number of halogens is 2. The summed E-state index contributed by atoms with van der Waals surface area (Å²) in [5.74, 6) is 3.49. The van der Waals surface area contributed by atoms with E-state index in [9.17, 15) is 13.6 Å². The maximum Gasteiger partial charge on any atom is 0.196 e. The number of aromatic nitrogens is 1. The lowest BCUT2D eigenvalue weighted by atomic mass is 9.98. The van der Waals surface area contributed by atoms with Gasteiger partial charge in [-0.2, -0.15) is 0 Å². The predicted octanol–water partition coefficient (Wildman–Crippen LogP) is 4.01. The van der Waals surface area contributed by atoms with Gasteiger partial charge in [0.2, 0.25) is 0 Å². The number of amidine groups is 1. The van der Waals surface area contributed by atoms with E-state index in [0.29, 0.717) is 33.5 Å². The van der Waals surface area contributed by atoms with E-state index in [0.717, 1.165) is 17.7 Å². The SMILES string of the molecule is Cc1cc(C(C)Nc2cccnc2/C(N)=N/NN)c2oc(-c3ccc(F)c(F)c3)c(C)c(=O)c2c1. The Bertz CT molecular complexity index is 1520. The monoisotopic (exact) mass is 478 g/mol. The van der Waals surface area contributed by atoms with Crippen LogP contribution in [0.2, 0.25) is 0 Å². The number of pyridine rings is 1. The summed E-state index contributed by atoms with van der Waals surface area (Å²) in [5, 5.41) is 7.50. The van der Waals surface area contributed by atoms with Crippen LogP contribution in [0.3, 0.4) is 0 Å². The van der Waals surface area contributed by atoms with Gasteiger partial charge in [-0.1, -0.05) is 6.07 Å². The first kappa shape index (κ1) is 23.8. The van der Waals surface area contributed by atoms with Gasteiger partial charge in [0.15, 0.2) is 22.9 Å². The average molecular weight is 479 g/mol. The molecule has 0 amide bonds. The van der Waals surface area contributed by atoms with Crippen molar-refractivity contribution >= 4 is 22.5 Å². The number of fused-ring (bicyclic) bond motifs is 1. The van der Waals surface area contributed by atoms with Crippen LogP contribution in [0.1, 0.15) is 35.3 Å². The van der Waals surface area contributed by atoms with Crippen molar-refractivity contribution in [1.29, 1.82) is 0 Å². The number of nitrogens with one attached hydrogen (secondary N) is 2. The first-order chi connectivity index (χ1) is 16.7. The lowest BCUT2D eigenvalue weighted by Crippen LogP contribution is -2.25. The molecule has 0 aliphatic carbocycles. The van der Waals surface area contributed by atoms with Crippen molar-refractivity contribution in [3.8, 4) is 11.3 Å². The summed E-state index contributed by atoms with van der Waals surface area (Å²) in [5.41, 5.74) is 11.3. The molecule has 0 saturated heterocycles. The molecule has 4 rings (SSSR count). The van der Waals surface area contributed by atoms with Crippen LogP contribution < -0.4 is 27.9 Å². The van der Waals surface area contributed by atoms with Gasteiger partial charge in [0.1, 0.15) is 17.0 Å². The molecule has 1 unspecified atom stereocenters. The molecule has 0 aliphatic heterocycles. The molecule has 0 bridgehead atoms. The molecule has 2 heterocycles. The third kappa shape index (κ3) is 4.56. The number of hydrogen-bond acceptors (Lipinski definition) is 7. The van der Waals surface area contributed by atoms with E-state index in [-0.39, 0.29) is 28.6 Å². The number of benzene rings is 2. The van der Waals surface area contributed by atoms with Gasteiger partial charge in [-0.15, -0.1) is 5.10 Å². The second kappa shape index (κ2) is 9.51. The Morgan fingerprint density at radius 1 is 1.14 bits per heavy atom. The zero-order chi connectivity index (χ0) is 25.3. The fourth-order valence-corrected chi connectivity index (χ4v) is 3.96. The number of nitrogens with zero attached hydrogens (tertiary/aromatic N) is 2. The van der Waals surface area contributed by atoms with Crippen LogP contribution in [0, 0.1) is 25.5 Å². The molecule has 0 saturated carbocycles. The van der Waals surface area contributed by atoms with Crippen LogP contribution in [0.25, 0.3) is 22.3 Å². The molecule has 2 aromatic heterocycles. The average Bonchev–Trinajstić information content (AvgIpc) is 2.83. The highest BCUT2D eigenvalue weighted by atomic mass is 19.2. The molecular formula is C25H24F2N6O2. The quantitative estimate of drug-likeness (QED) is 0.143. The molecule has 0 fully saturated rings. The van der Waals surface area contributed by atoms with Crippen LogP contribution in [-0.2, 0) is 0 Å². The van der Waals surface area contributed by atoms with Crippen LogP contribution >= 0.6 is 0 Å². The molecule has 8 nitrogen and oxygen atoms in total. The van der Waals surface area contributed by atoms with Crippen molar-refractivity contribution in [3.63, 3.8) is 0 Å². The molecule has 35 heavy (non-hydrogen) atoms. The molecule has 10 heteroatoms. The number of hydrazone groups is 1. The molecule has 0 radical (unpaired) electrons. The van der Waals surface area contributed by atoms with Crippen LogP contribution in [0.4, 0.5) is 14.5 Å². The van der Waals surface area contributed by atoms with E-state index >= 15 is 0 Å². The van der Waals surface area contributed by atoms with Gasteiger partial charge in [0.25, 0.3) is 0 Å². The summed E-state index contributed by atoms with van der Waals surface area (Å²) in [6.45, 7) is 5.36. The highest BCUT2D eigenvalue weighted by Gasteiger charge is 2.20. The Kier molecular flexibility index (Phi) is 6.48. The molecule has 1 atom stereocenters. The highest BCUT2D eigenvalue weighted by Crippen LogP contribution is 2.33. The highest BCUT2D eigenvalue weighted by molar-refractivity contribution is 6.00. The summed E-state index contributed by atoms with van der Waals surface area (Å²) in [4.78, 5) is 17.5. The van der Waals surface area contributed by atoms with Gasteiger partial charge < -0.3 is 15.5 Å². The van der Waals surface area contributed by atoms with Crippen molar-refractivity contribution in [3.05, 3.63) is 92.9 Å². The Hall–Kier alpha value is -4.31. The van der Waals surface area contributed by atoms with Gasteiger partial charge in [0, 0.05) is 22.9 Å². The maximum atomic E-state index is 13.9. The molecule has 0 aliphatic rings. The Balaban J connectivity index is 1.87. The molecule has 0 spiro atoms. The summed E-state index contributed by atoms with van der Waals surface area (Å²) >= 11 is 0. The summed E-state index contributed by atoms with van der Waals surface area (Å²) < 4.78 is 33.6. The molecule has 4 aromatic rings. The van der Waals surface area contributed by atoms with E-state index in [1.807, 2.05) is 19.9 Å². The molecular weight excluding hydrogens is 454 g/mol. The third-order valence-corrected chi connectivity index (χ3v) is 5.65. The molecule has 2 aromatic carbocycles. The van der Waals surface area contributed by atoms with Crippen LogP contribution in [0.5, 0.6) is 0 Å². The first-order valence-electron chi connectivity index (χ1n) is 10.7. The van der Waals surface area contributed by atoms with Gasteiger partial charge in [-0.05, 0) is 62.7 Å². The van der Waals surface area contributed by atoms with Gasteiger partial charge in [-0.25, -0.2) is 20.2 Å². The van der Waals surface area contributed by atoms with Crippen LogP contribution in [0.15, 0.2) is 63.0 Å². The van der Waals surface area contributed by atoms with Crippen molar-refractivity contribution in [2.45, 2.75) is 26.8 Å². The minimum absolute atomic E-state index is 0.0830. The zero-order valence-corrected chi connectivity index (χ0v) is 19.3. The number of anilines is 1. The zero-order valence-electron chi connectivity index (χ0n) is 19.3. The second-order valence-corrected chi connectivity index (χ2v) is 8.14. The smallest absolute Gasteiger partial charge is 0.196 e. The van der Waals surface area contributed by atoms with E-state index in [2.05, 4.69) is 20.9 Å². The van der Waals surface area contributed by atoms with Gasteiger partial charge in [-0.3, -0.25) is 9.78 Å². The van der Waals surface area contributed by atoms with Crippen LogP contribution in [-0.4, -0.2) is 10.8 Å². The minimum Gasteiger partial charge on any atom is -0.455 e. The van der Waals surface area contributed by atoms with E-state index in [1.54, 1.807) is 31.3 Å². The number of hydrazine groups is 1. The van der Waals surface area contributed by atoms with Gasteiger partial charge >= 0.3 is 0 Å². The largest absolute Gasteiger partial charge is 0.455 e. The summed E-state index contributed by atoms with van der Waals surface area (Å²) in [6.07, 6.45) is 1.57. The van der Waals surface area contributed by atoms with Gasteiger partial charge in [0.05, 0.1) is 17.1 Å². The Morgan fingerprint density at radius 3 is 2.63 bits per heavy atom. The second-order valence-electron chi connectivity index (χ2n) is 8.14. The van der Waals surface area contributed by atoms with Crippen molar-refractivity contribution in [2.24, 2.45) is 16.7 Å². The summed E-state index contributed by atoms with van der Waals surface area (Å²) in [7, 11) is 0. The number of aryl methyl sites for hydroxylation is 1. The van der Waals surface area contributed by atoms with E-state index in [4.69, 9.17) is 16.0 Å². The maximum absolute atomic E-state index is 13.9. The molecule has 180 valence electrons. The number of rotatable bonds is 6. The lowest BCUT2D eigenvalue weighted by molar-refractivity contribution is 0.508. The number of hydrogen-bond donors (Lipinski definition) is 4. The van der Waals surface area contributed by atoms with Crippen molar-refractivity contribution in [1.82, 2.24) is 10.5 Å². The summed E-state index contributed by atoms with van der Waals surface area (Å²) in [6, 6.07) is 10.2. The van der Waals surface area contributed by atoms with E-state index in [1.165, 1.54) is 6.07 Å². The normalized spacial score (nSPS) is 12.6. The minimum atomic E-state index is -1.03. The first-order valence-corrected chi connectivity index (χ1v) is 10.7. The fourth-order valence-electron chi connectivity index (χ4n) is 3.96. The molecule has 6 N–H and O–H groups in total. The Labute approximate surface area is 199 Å². The lowest BCUT2D eigenvalue weighted by Gasteiger charge is -2.20.